The van der Waals surface area contributed by atoms with Crippen molar-refractivity contribution in [3.63, 3.8) is 0 Å². The van der Waals surface area contributed by atoms with Crippen molar-refractivity contribution in [3.8, 4) is 5.75 Å². The van der Waals surface area contributed by atoms with Crippen molar-refractivity contribution in [3.05, 3.63) is 47.3 Å². The molecule has 0 aliphatic carbocycles. The Morgan fingerprint density at radius 3 is 2.42 bits per heavy atom. The van der Waals surface area contributed by atoms with E-state index in [0.29, 0.717) is 5.75 Å². The number of aromatic nitrogens is 2. The number of aromatic carboxylic acids is 1. The highest BCUT2D eigenvalue weighted by Crippen LogP contribution is 2.14. The molecular weight excluding hydrogens is 248 g/mol. The van der Waals surface area contributed by atoms with Crippen LogP contribution in [0.2, 0.25) is 0 Å². The van der Waals surface area contributed by atoms with E-state index < -0.39 is 11.9 Å². The van der Waals surface area contributed by atoms with Gasteiger partial charge in [-0.1, -0.05) is 17.7 Å². The minimum Gasteiger partial charge on any atom is -0.476 e. The summed E-state index contributed by atoms with van der Waals surface area (Å²) in [5.41, 5.74) is 0.935. The standard InChI is InChI=1S/C13H12N2O4/c1-8-3-5-9(6-4-8)19-13(18)11-7-10(12(16)17)14-15(11)2/h3-7H,1-2H3,(H,16,17). The summed E-state index contributed by atoms with van der Waals surface area (Å²) in [7, 11) is 1.48. The van der Waals surface area contributed by atoms with Crippen LogP contribution in [-0.2, 0) is 7.05 Å². The maximum absolute atomic E-state index is 11.9. The average Bonchev–Trinajstić information content (AvgIpc) is 2.74. The van der Waals surface area contributed by atoms with E-state index in [1.807, 2.05) is 19.1 Å². The number of rotatable bonds is 3. The molecule has 0 amide bonds. The number of carboxylic acid groups (broad SMARTS) is 1. The second kappa shape index (κ2) is 4.93. The molecule has 0 radical (unpaired) electrons. The number of hydrogen-bond donors (Lipinski definition) is 1. The highest BCUT2D eigenvalue weighted by Gasteiger charge is 2.18. The third-order valence-electron chi connectivity index (χ3n) is 2.54. The van der Waals surface area contributed by atoms with Gasteiger partial charge < -0.3 is 9.84 Å². The molecule has 0 unspecified atom stereocenters. The monoisotopic (exact) mass is 260 g/mol. The molecule has 6 heteroatoms. The van der Waals surface area contributed by atoms with Crippen molar-refractivity contribution < 1.29 is 19.4 Å². The minimum atomic E-state index is -1.19. The highest BCUT2D eigenvalue weighted by molar-refractivity contribution is 5.93. The molecule has 1 aromatic carbocycles. The molecule has 0 bridgehead atoms. The first-order chi connectivity index (χ1) is 8.97. The molecule has 6 nitrogen and oxygen atoms in total. The van der Waals surface area contributed by atoms with Gasteiger partial charge in [-0.25, -0.2) is 9.59 Å². The van der Waals surface area contributed by atoms with E-state index in [1.165, 1.54) is 17.8 Å². The van der Waals surface area contributed by atoms with Crippen LogP contribution in [0.25, 0.3) is 0 Å². The molecule has 0 saturated carbocycles. The predicted molar refractivity (Wildman–Crippen MR) is 66.3 cm³/mol. The fourth-order valence-corrected chi connectivity index (χ4v) is 1.53. The van der Waals surface area contributed by atoms with Gasteiger partial charge in [0.05, 0.1) is 0 Å². The lowest BCUT2D eigenvalue weighted by Crippen LogP contribution is -2.13. The van der Waals surface area contributed by atoms with Crippen LogP contribution in [0.1, 0.15) is 26.5 Å². The maximum atomic E-state index is 11.9. The fourth-order valence-electron chi connectivity index (χ4n) is 1.53. The molecule has 0 aliphatic heterocycles. The molecule has 0 atom stereocenters. The van der Waals surface area contributed by atoms with Gasteiger partial charge >= 0.3 is 11.9 Å². The summed E-state index contributed by atoms with van der Waals surface area (Å²) in [4.78, 5) is 22.6. The van der Waals surface area contributed by atoms with Crippen LogP contribution in [0.4, 0.5) is 0 Å². The van der Waals surface area contributed by atoms with Gasteiger partial charge in [0.15, 0.2) is 5.69 Å². The van der Waals surface area contributed by atoms with Crippen LogP contribution in [0, 0.1) is 6.92 Å². The van der Waals surface area contributed by atoms with Crippen LogP contribution in [0.5, 0.6) is 5.75 Å². The number of nitrogens with zero attached hydrogens (tertiary/aromatic N) is 2. The van der Waals surface area contributed by atoms with Gasteiger partial charge in [-0.3, -0.25) is 4.68 Å². The molecule has 2 rings (SSSR count). The first kappa shape index (κ1) is 12.8. The molecule has 1 aromatic heterocycles. The summed E-state index contributed by atoms with van der Waals surface area (Å²) in [5.74, 6) is -1.44. The first-order valence-corrected chi connectivity index (χ1v) is 5.53. The predicted octanol–water partition coefficient (Wildman–Crippen LogP) is 1.65. The number of hydrogen-bond acceptors (Lipinski definition) is 4. The Labute approximate surface area is 109 Å². The smallest absolute Gasteiger partial charge is 0.362 e. The summed E-state index contributed by atoms with van der Waals surface area (Å²) >= 11 is 0. The van der Waals surface area contributed by atoms with E-state index in [2.05, 4.69) is 5.10 Å². The van der Waals surface area contributed by atoms with E-state index >= 15 is 0 Å². The summed E-state index contributed by atoms with van der Waals surface area (Å²) in [5, 5.41) is 12.5. The number of carbonyl (C=O) groups is 2. The van der Waals surface area contributed by atoms with Gasteiger partial charge in [0.2, 0.25) is 0 Å². The molecule has 0 saturated heterocycles. The zero-order valence-electron chi connectivity index (χ0n) is 10.5. The number of benzene rings is 1. The van der Waals surface area contributed by atoms with Gasteiger partial charge in [0, 0.05) is 13.1 Å². The second-order valence-electron chi connectivity index (χ2n) is 4.05. The summed E-state index contributed by atoms with van der Waals surface area (Å²) in [6.45, 7) is 1.92. The van der Waals surface area contributed by atoms with E-state index in [0.717, 1.165) is 5.56 Å². The Bertz CT molecular complexity index is 629. The van der Waals surface area contributed by atoms with Gasteiger partial charge in [-0.05, 0) is 19.1 Å². The summed E-state index contributed by atoms with van der Waals surface area (Å²) in [6, 6.07) is 8.14. The normalized spacial score (nSPS) is 10.2. The Morgan fingerprint density at radius 1 is 1.26 bits per heavy atom. The fraction of sp³-hybridized carbons (Fsp3) is 0.154. The topological polar surface area (TPSA) is 81.4 Å². The number of carboxylic acids is 1. The molecule has 0 aliphatic rings. The third-order valence-corrected chi connectivity index (χ3v) is 2.54. The van der Waals surface area contributed by atoms with Crippen molar-refractivity contribution in [1.29, 1.82) is 0 Å². The van der Waals surface area contributed by atoms with Crippen LogP contribution in [0.3, 0.4) is 0 Å². The molecule has 0 fully saturated rings. The van der Waals surface area contributed by atoms with Gasteiger partial charge in [-0.2, -0.15) is 5.10 Å². The van der Waals surface area contributed by atoms with Gasteiger partial charge in [-0.15, -0.1) is 0 Å². The quantitative estimate of drug-likeness (QED) is 0.670. The molecule has 0 spiro atoms. The molecular formula is C13H12N2O4. The average molecular weight is 260 g/mol. The van der Waals surface area contributed by atoms with Gasteiger partial charge in [0.25, 0.3) is 0 Å². The summed E-state index contributed by atoms with van der Waals surface area (Å²) in [6.07, 6.45) is 0. The van der Waals surface area contributed by atoms with Crippen LogP contribution < -0.4 is 4.74 Å². The van der Waals surface area contributed by atoms with E-state index in [9.17, 15) is 9.59 Å². The third kappa shape index (κ3) is 2.79. The van der Waals surface area contributed by atoms with E-state index in [4.69, 9.17) is 9.84 Å². The molecule has 2 aromatic rings. The first-order valence-electron chi connectivity index (χ1n) is 5.53. The van der Waals surface area contributed by atoms with Crippen molar-refractivity contribution in [1.82, 2.24) is 9.78 Å². The zero-order chi connectivity index (χ0) is 14.0. The zero-order valence-corrected chi connectivity index (χ0v) is 10.5. The number of esters is 1. The SMILES string of the molecule is Cc1ccc(OC(=O)c2cc(C(=O)O)nn2C)cc1. The number of ether oxygens (including phenoxy) is 1. The number of carbonyl (C=O) groups excluding carboxylic acids is 1. The minimum absolute atomic E-state index is 0.0815. The second-order valence-corrected chi connectivity index (χ2v) is 4.05. The molecule has 19 heavy (non-hydrogen) atoms. The molecule has 1 N–H and O–H groups in total. The highest BCUT2D eigenvalue weighted by atomic mass is 16.5. The van der Waals surface area contributed by atoms with Crippen LogP contribution in [-0.4, -0.2) is 26.8 Å². The number of aryl methyl sites for hydroxylation is 2. The lowest BCUT2D eigenvalue weighted by atomic mass is 10.2. The lowest BCUT2D eigenvalue weighted by molar-refractivity contribution is 0.0687. The van der Waals surface area contributed by atoms with Gasteiger partial charge in [0.1, 0.15) is 11.4 Å². The summed E-state index contributed by atoms with van der Waals surface area (Å²) < 4.78 is 6.32. The maximum Gasteiger partial charge on any atom is 0.362 e. The van der Waals surface area contributed by atoms with Crippen molar-refractivity contribution in [2.45, 2.75) is 6.92 Å². The van der Waals surface area contributed by atoms with Crippen molar-refractivity contribution in [2.75, 3.05) is 0 Å². The Hall–Kier alpha value is -2.63. The van der Waals surface area contributed by atoms with Crippen LogP contribution >= 0.6 is 0 Å². The Balaban J connectivity index is 2.20. The van der Waals surface area contributed by atoms with E-state index in [-0.39, 0.29) is 11.4 Å². The van der Waals surface area contributed by atoms with Crippen molar-refractivity contribution >= 4 is 11.9 Å². The largest absolute Gasteiger partial charge is 0.476 e. The van der Waals surface area contributed by atoms with Crippen molar-refractivity contribution in [2.24, 2.45) is 7.05 Å². The Kier molecular flexibility index (Phi) is 3.33. The molecule has 1 heterocycles. The Morgan fingerprint density at radius 2 is 1.89 bits per heavy atom. The molecule has 98 valence electrons. The lowest BCUT2D eigenvalue weighted by Gasteiger charge is -2.04. The van der Waals surface area contributed by atoms with Crippen LogP contribution in [0.15, 0.2) is 30.3 Å². The van der Waals surface area contributed by atoms with E-state index in [1.54, 1.807) is 12.1 Å².